The topological polar surface area (TPSA) is 119 Å². The number of fused-ring (bicyclic) bond motifs is 1. The zero-order valence-electron chi connectivity index (χ0n) is 36.4. The molecule has 5 aromatic rings. The van der Waals surface area contributed by atoms with Gasteiger partial charge in [-0.15, -0.1) is 11.8 Å². The van der Waals surface area contributed by atoms with Crippen molar-refractivity contribution in [3.63, 3.8) is 0 Å². The molecule has 2 unspecified atom stereocenters. The molecule has 0 amide bonds. The molecule has 0 radical (unpaired) electrons. The van der Waals surface area contributed by atoms with E-state index in [-0.39, 0.29) is 41.8 Å². The van der Waals surface area contributed by atoms with E-state index in [0.29, 0.717) is 59.0 Å². The maximum atomic E-state index is 15.7. The van der Waals surface area contributed by atoms with Gasteiger partial charge in [-0.1, -0.05) is 69.3 Å². The van der Waals surface area contributed by atoms with Crippen LogP contribution >= 0.6 is 11.8 Å². The van der Waals surface area contributed by atoms with Crippen molar-refractivity contribution in [3.05, 3.63) is 132 Å². The summed E-state index contributed by atoms with van der Waals surface area (Å²) in [7, 11) is -4.22. The number of hydrogen-bond acceptors (Lipinski definition) is 9. The predicted octanol–water partition coefficient (Wildman–Crippen LogP) is 11.4. The van der Waals surface area contributed by atoms with Crippen LogP contribution in [0.15, 0.2) is 110 Å². The van der Waals surface area contributed by atoms with E-state index in [0.717, 1.165) is 40.1 Å². The molecule has 14 heteroatoms. The highest BCUT2D eigenvalue weighted by molar-refractivity contribution is 7.99. The molecule has 0 bridgehead atoms. The Morgan fingerprint density at radius 2 is 1.79 bits per heavy atom. The van der Waals surface area contributed by atoms with Crippen LogP contribution in [-0.2, 0) is 35.5 Å². The lowest BCUT2D eigenvalue weighted by Gasteiger charge is -2.29. The molecule has 3 aromatic carbocycles. The molecule has 10 nitrogen and oxygen atoms in total. The van der Waals surface area contributed by atoms with Crippen molar-refractivity contribution < 1.29 is 41.0 Å². The van der Waals surface area contributed by atoms with Crippen LogP contribution in [0.2, 0.25) is 0 Å². The number of ether oxygens (including phenoxy) is 3. The van der Waals surface area contributed by atoms with Gasteiger partial charge in [-0.05, 0) is 117 Å². The lowest BCUT2D eigenvalue weighted by Crippen LogP contribution is -2.40. The number of rotatable bonds is 21. The first-order valence-corrected chi connectivity index (χ1v) is 23.8. The van der Waals surface area contributed by atoms with Gasteiger partial charge >= 0.3 is 11.9 Å². The van der Waals surface area contributed by atoms with E-state index in [1.165, 1.54) is 37.4 Å². The van der Waals surface area contributed by atoms with Gasteiger partial charge in [0, 0.05) is 35.3 Å². The predicted molar refractivity (Wildman–Crippen MR) is 247 cm³/mol. The molecule has 0 aliphatic heterocycles. The first-order chi connectivity index (χ1) is 30.1. The first-order valence-electron chi connectivity index (χ1n) is 21.2. The van der Waals surface area contributed by atoms with Crippen LogP contribution in [0.5, 0.6) is 11.5 Å². The van der Waals surface area contributed by atoms with Gasteiger partial charge in [0.05, 0.1) is 36.2 Å². The molecular weight excluding hydrogens is 845 g/mol. The van der Waals surface area contributed by atoms with Crippen molar-refractivity contribution in [2.75, 3.05) is 24.7 Å². The van der Waals surface area contributed by atoms with Crippen LogP contribution in [0.3, 0.4) is 0 Å². The van der Waals surface area contributed by atoms with E-state index < -0.39 is 26.4 Å². The highest BCUT2D eigenvalue weighted by Gasteiger charge is 2.45. The quantitative estimate of drug-likeness (QED) is 0.0663. The molecule has 1 aliphatic carbocycles. The van der Waals surface area contributed by atoms with Crippen LogP contribution in [-0.4, -0.2) is 63.6 Å². The average molecular weight is 900 g/mol. The van der Waals surface area contributed by atoms with Gasteiger partial charge in [0.15, 0.2) is 0 Å². The van der Waals surface area contributed by atoms with Crippen LogP contribution in [0.25, 0.3) is 28.2 Å². The van der Waals surface area contributed by atoms with Crippen LogP contribution in [0.1, 0.15) is 89.5 Å². The van der Waals surface area contributed by atoms with Gasteiger partial charge in [-0.3, -0.25) is 14.3 Å². The van der Waals surface area contributed by atoms with Gasteiger partial charge in [0.1, 0.15) is 27.9 Å². The summed E-state index contributed by atoms with van der Waals surface area (Å²) < 4.78 is 76.2. The van der Waals surface area contributed by atoms with Crippen molar-refractivity contribution in [3.8, 4) is 22.8 Å². The molecule has 2 aromatic heterocycles. The summed E-state index contributed by atoms with van der Waals surface area (Å²) in [5.74, 6) is 0.0697. The van der Waals surface area contributed by atoms with Crippen molar-refractivity contribution in [2.24, 2.45) is 5.41 Å². The number of allylic oxidation sites excluding steroid dienone is 3. The Bertz CT molecular complexity index is 2630. The third-order valence-corrected chi connectivity index (χ3v) is 15.0. The Morgan fingerprint density at radius 3 is 2.54 bits per heavy atom. The number of benzene rings is 3. The maximum Gasteiger partial charge on any atom is 0.315 e. The fourth-order valence-electron chi connectivity index (χ4n) is 7.76. The third-order valence-electron chi connectivity index (χ3n) is 11.2. The standard InChI is InChI=1S/C49H55F2N3O7S2/c1-7-37-38-24-29-54(63(57,58)49(6)27-11-10-17-45(49)51)43(38)21-22-44(37)61-36-19-20-40(50)39(31-36)41-25-28-53(52-41)42(16-13-26-48(4,5)33-62-32-47(56)60-9-3)35-15-12-14-34(30-35)18-23-46(55)59-8-2/h7,10-12,14-15,17,19-22,24-25,28-31,42H,1,8-9,13,16,18,23,26-27,32-33H2,2-6H3. The molecule has 0 spiro atoms. The number of thioether (sulfide) groups is 1. The number of nitrogens with zero attached hydrogens (tertiary/aromatic N) is 3. The van der Waals surface area contributed by atoms with E-state index in [1.807, 2.05) is 29.1 Å². The minimum atomic E-state index is -4.22. The van der Waals surface area contributed by atoms with Gasteiger partial charge in [0.25, 0.3) is 10.0 Å². The van der Waals surface area contributed by atoms with E-state index in [9.17, 15) is 18.0 Å². The largest absolute Gasteiger partial charge is 0.466 e. The summed E-state index contributed by atoms with van der Waals surface area (Å²) in [6.45, 7) is 14.0. The highest BCUT2D eigenvalue weighted by Crippen LogP contribution is 2.40. The fraction of sp³-hybridized carbons (Fsp3) is 0.367. The molecule has 0 N–H and O–H groups in total. The number of hydrogen-bond donors (Lipinski definition) is 0. The normalized spacial score (nSPS) is 15.8. The zero-order chi connectivity index (χ0) is 45.4. The average Bonchev–Trinajstić information content (AvgIpc) is 3.92. The van der Waals surface area contributed by atoms with Crippen molar-refractivity contribution in [1.29, 1.82) is 0 Å². The third kappa shape index (κ3) is 10.8. The van der Waals surface area contributed by atoms with Gasteiger partial charge in [-0.2, -0.15) is 5.10 Å². The summed E-state index contributed by atoms with van der Waals surface area (Å²) in [6, 6.07) is 18.9. The smallest absolute Gasteiger partial charge is 0.315 e. The Balaban J connectivity index is 1.25. The van der Waals surface area contributed by atoms with Crippen LogP contribution < -0.4 is 4.74 Å². The molecule has 0 fully saturated rings. The second-order valence-corrected chi connectivity index (χ2v) is 19.7. The molecule has 6 rings (SSSR count). The van der Waals surface area contributed by atoms with E-state index >= 15 is 8.78 Å². The molecule has 0 saturated heterocycles. The first kappa shape index (κ1) is 47.0. The molecule has 2 atom stereocenters. The Labute approximate surface area is 373 Å². The number of carbonyl (C=O) groups excluding carboxylic acids is 2. The fourth-order valence-corrected chi connectivity index (χ4v) is 10.5. The maximum absolute atomic E-state index is 15.7. The van der Waals surface area contributed by atoms with Gasteiger partial charge in [-0.25, -0.2) is 21.2 Å². The number of carbonyl (C=O) groups is 2. The van der Waals surface area contributed by atoms with Gasteiger partial charge < -0.3 is 14.2 Å². The lowest BCUT2D eigenvalue weighted by atomic mass is 9.87. The number of esters is 2. The number of aromatic nitrogens is 3. The van der Waals surface area contributed by atoms with Gasteiger partial charge in [0.2, 0.25) is 0 Å². The zero-order valence-corrected chi connectivity index (χ0v) is 38.1. The molecular formula is C49H55F2N3O7S2. The molecule has 334 valence electrons. The van der Waals surface area contributed by atoms with E-state index in [4.69, 9.17) is 19.3 Å². The number of halogens is 2. The Kier molecular flexibility index (Phi) is 15.2. The summed E-state index contributed by atoms with van der Waals surface area (Å²) >= 11 is 1.57. The van der Waals surface area contributed by atoms with Crippen molar-refractivity contribution >= 4 is 50.7 Å². The Morgan fingerprint density at radius 1 is 1.02 bits per heavy atom. The second-order valence-electron chi connectivity index (χ2n) is 16.5. The minimum Gasteiger partial charge on any atom is -0.466 e. The summed E-state index contributed by atoms with van der Waals surface area (Å²) in [5.41, 5.74) is 3.39. The summed E-state index contributed by atoms with van der Waals surface area (Å²) in [6.07, 6.45) is 12.3. The minimum absolute atomic E-state index is 0.0110. The SMILES string of the molecule is C=Cc1c(Oc2ccc(F)c(-c3ccn(C(CCCC(C)(C)CSCC(=O)OCC)c4cccc(CCC(=O)OCC)c4)n3)c2)ccc2c1ccn2S(=O)(=O)C1(C)CC=CC=C1F. The highest BCUT2D eigenvalue weighted by atomic mass is 32.2. The molecule has 63 heavy (non-hydrogen) atoms. The summed E-state index contributed by atoms with van der Waals surface area (Å²) in [4.78, 5) is 24.1. The molecule has 2 heterocycles. The second kappa shape index (κ2) is 20.4. The summed E-state index contributed by atoms with van der Waals surface area (Å²) in [5, 5.41) is 5.46. The Hall–Kier alpha value is -5.47. The van der Waals surface area contributed by atoms with E-state index in [1.54, 1.807) is 68.1 Å². The van der Waals surface area contributed by atoms with Crippen molar-refractivity contribution in [2.45, 2.75) is 83.9 Å². The molecule has 0 saturated carbocycles. The van der Waals surface area contributed by atoms with E-state index in [2.05, 4.69) is 26.5 Å². The van der Waals surface area contributed by atoms with Crippen LogP contribution in [0.4, 0.5) is 8.78 Å². The van der Waals surface area contributed by atoms with Crippen molar-refractivity contribution in [1.82, 2.24) is 13.8 Å². The lowest BCUT2D eigenvalue weighted by molar-refractivity contribution is -0.143. The monoisotopic (exact) mass is 899 g/mol. The molecule has 1 aliphatic rings. The number of aryl methyl sites for hydroxylation is 1. The van der Waals surface area contributed by atoms with Crippen LogP contribution in [0, 0.1) is 11.2 Å².